The lowest BCUT2D eigenvalue weighted by Crippen LogP contribution is -2.05. The predicted octanol–water partition coefficient (Wildman–Crippen LogP) is 3.33. The molecule has 0 spiro atoms. The maximum absolute atomic E-state index is 12.4. The molecule has 0 saturated heterocycles. The van der Waals surface area contributed by atoms with Crippen molar-refractivity contribution in [3.63, 3.8) is 0 Å². The van der Waals surface area contributed by atoms with E-state index < -0.39 is 23.3 Å². The number of hydrogen-bond acceptors (Lipinski definition) is 3. The molecule has 1 heterocycles. The summed E-state index contributed by atoms with van der Waals surface area (Å²) >= 11 is 5.82. The van der Waals surface area contributed by atoms with E-state index >= 15 is 0 Å². The molecule has 1 aromatic heterocycles. The van der Waals surface area contributed by atoms with Crippen LogP contribution in [0.1, 0.15) is 27.3 Å². The van der Waals surface area contributed by atoms with Crippen molar-refractivity contribution in [1.82, 2.24) is 10.2 Å². The highest BCUT2D eigenvalue weighted by atomic mass is 35.5. The second-order valence-electron chi connectivity index (χ2n) is 4.11. The summed E-state index contributed by atoms with van der Waals surface area (Å²) in [7, 11) is 0. The Bertz CT molecular complexity index is 680. The quantitative estimate of drug-likeness (QED) is 0.836. The Labute approximate surface area is 116 Å². The third-order valence-corrected chi connectivity index (χ3v) is 3.04. The highest BCUT2D eigenvalue weighted by molar-refractivity contribution is 6.32. The molecule has 0 aliphatic heterocycles. The number of aromatic amines is 1. The van der Waals surface area contributed by atoms with Crippen molar-refractivity contribution in [2.24, 2.45) is 0 Å². The normalized spacial score (nSPS) is 11.7. The first-order valence-electron chi connectivity index (χ1n) is 5.36. The van der Waals surface area contributed by atoms with Gasteiger partial charge in [-0.25, -0.2) is 0 Å². The van der Waals surface area contributed by atoms with Crippen LogP contribution in [0.25, 0.3) is 0 Å². The maximum atomic E-state index is 12.4. The van der Waals surface area contributed by atoms with E-state index in [9.17, 15) is 23.1 Å². The third kappa shape index (κ3) is 2.62. The maximum Gasteiger partial charge on any atom is 0.432 e. The van der Waals surface area contributed by atoms with Gasteiger partial charge in [0.2, 0.25) is 5.78 Å². The van der Waals surface area contributed by atoms with Gasteiger partial charge in [-0.15, -0.1) is 0 Å². The van der Waals surface area contributed by atoms with Crippen LogP contribution >= 0.6 is 11.6 Å². The van der Waals surface area contributed by atoms with Gasteiger partial charge in [0.1, 0.15) is 17.1 Å². The van der Waals surface area contributed by atoms with Gasteiger partial charge < -0.3 is 5.11 Å². The van der Waals surface area contributed by atoms with Gasteiger partial charge >= 0.3 is 6.18 Å². The van der Waals surface area contributed by atoms with E-state index in [4.69, 9.17) is 11.6 Å². The van der Waals surface area contributed by atoms with Gasteiger partial charge in [-0.3, -0.25) is 9.89 Å². The smallest absolute Gasteiger partial charge is 0.432 e. The van der Waals surface area contributed by atoms with Gasteiger partial charge in [0, 0.05) is 5.02 Å². The molecule has 2 rings (SSSR count). The lowest BCUT2D eigenvalue weighted by Gasteiger charge is -2.05. The molecule has 0 aliphatic carbocycles. The average Bonchev–Trinajstić information content (AvgIpc) is 2.82. The van der Waals surface area contributed by atoms with Gasteiger partial charge in [-0.05, 0) is 30.7 Å². The molecule has 0 unspecified atom stereocenters. The van der Waals surface area contributed by atoms with Crippen LogP contribution in [0.2, 0.25) is 5.02 Å². The van der Waals surface area contributed by atoms with Crippen LogP contribution in [0, 0.1) is 6.92 Å². The summed E-state index contributed by atoms with van der Waals surface area (Å²) in [5.74, 6) is -1.22. The van der Waals surface area contributed by atoms with Crippen molar-refractivity contribution in [3.8, 4) is 5.75 Å². The monoisotopic (exact) mass is 304 g/mol. The van der Waals surface area contributed by atoms with Gasteiger partial charge in [-0.1, -0.05) is 11.6 Å². The number of aromatic hydroxyl groups is 1. The Kier molecular flexibility index (Phi) is 3.47. The van der Waals surface area contributed by atoms with Crippen molar-refractivity contribution in [3.05, 3.63) is 45.7 Å². The van der Waals surface area contributed by atoms with Crippen LogP contribution in [0.5, 0.6) is 5.75 Å². The molecule has 4 nitrogen and oxygen atoms in total. The fourth-order valence-corrected chi connectivity index (χ4v) is 1.73. The van der Waals surface area contributed by atoms with Gasteiger partial charge in [-0.2, -0.15) is 18.3 Å². The van der Waals surface area contributed by atoms with Crippen molar-refractivity contribution in [2.45, 2.75) is 13.1 Å². The Hall–Kier alpha value is -2.02. The fraction of sp³-hybridized carbons (Fsp3) is 0.167. The average molecular weight is 305 g/mol. The van der Waals surface area contributed by atoms with E-state index in [2.05, 4.69) is 5.10 Å². The minimum atomic E-state index is -4.63. The third-order valence-electron chi connectivity index (χ3n) is 2.64. The predicted molar refractivity (Wildman–Crippen MR) is 64.9 cm³/mol. The second kappa shape index (κ2) is 4.82. The van der Waals surface area contributed by atoms with Crippen molar-refractivity contribution in [1.29, 1.82) is 0 Å². The van der Waals surface area contributed by atoms with Gasteiger partial charge in [0.05, 0.1) is 5.56 Å². The molecule has 0 saturated carbocycles. The molecule has 0 atom stereocenters. The van der Waals surface area contributed by atoms with Crippen LogP contribution in [0.3, 0.4) is 0 Å². The summed E-state index contributed by atoms with van der Waals surface area (Å²) in [5.41, 5.74) is -1.26. The largest absolute Gasteiger partial charge is 0.507 e. The Morgan fingerprint density at radius 2 is 2.00 bits per heavy atom. The molecular formula is C12H8ClF3N2O2. The molecule has 0 aliphatic rings. The number of ketones is 1. The fourth-order valence-electron chi connectivity index (χ4n) is 1.57. The van der Waals surface area contributed by atoms with Crippen molar-refractivity contribution >= 4 is 17.4 Å². The number of halogens is 4. The Morgan fingerprint density at radius 1 is 1.35 bits per heavy atom. The number of carbonyl (C=O) groups excluding carboxylic acids is 1. The Balaban J connectivity index is 2.42. The summed E-state index contributed by atoms with van der Waals surface area (Å²) < 4.78 is 37.2. The number of hydrogen-bond donors (Lipinski definition) is 2. The first-order chi connectivity index (χ1) is 9.20. The number of alkyl halides is 3. The van der Waals surface area contributed by atoms with Crippen molar-refractivity contribution < 1.29 is 23.1 Å². The first-order valence-corrected chi connectivity index (χ1v) is 5.74. The van der Waals surface area contributed by atoms with Crippen LogP contribution in [-0.2, 0) is 6.18 Å². The molecule has 20 heavy (non-hydrogen) atoms. The highest BCUT2D eigenvalue weighted by Gasteiger charge is 2.34. The number of rotatable bonds is 2. The number of phenolic OH excluding ortho intramolecular Hbond substituents is 1. The summed E-state index contributed by atoms with van der Waals surface area (Å²) in [6, 6.07) is 3.03. The molecular weight excluding hydrogens is 297 g/mol. The van der Waals surface area contributed by atoms with E-state index in [1.54, 1.807) is 12.0 Å². The standard InChI is InChI=1S/C12H8ClF3N2O2/c1-5-2-9(19)6(3-7(5)13)11(20)8-4-10(18-17-8)12(14,15)16/h2-4,19H,1H3,(H,17,18). The minimum absolute atomic E-state index is 0.208. The minimum Gasteiger partial charge on any atom is -0.507 e. The van der Waals surface area contributed by atoms with E-state index in [0.717, 1.165) is 0 Å². The molecule has 1 aromatic carbocycles. The number of aryl methyl sites for hydroxylation is 1. The summed E-state index contributed by atoms with van der Waals surface area (Å²) in [6.45, 7) is 1.62. The molecule has 106 valence electrons. The zero-order valence-electron chi connectivity index (χ0n) is 10.0. The summed E-state index contributed by atoms with van der Waals surface area (Å²) in [6.07, 6.45) is -4.63. The van der Waals surface area contributed by atoms with Crippen LogP contribution in [0.15, 0.2) is 18.2 Å². The first kappa shape index (κ1) is 14.4. The molecule has 2 aromatic rings. The second-order valence-corrected chi connectivity index (χ2v) is 4.52. The van der Waals surface area contributed by atoms with Gasteiger partial charge in [0.25, 0.3) is 0 Å². The van der Waals surface area contributed by atoms with Crippen LogP contribution in [0.4, 0.5) is 13.2 Å². The molecule has 8 heteroatoms. The number of carbonyl (C=O) groups is 1. The lowest BCUT2D eigenvalue weighted by atomic mass is 10.0. The number of H-pyrrole nitrogens is 1. The molecule has 0 bridgehead atoms. The van der Waals surface area contributed by atoms with E-state index in [-0.39, 0.29) is 16.3 Å². The summed E-state index contributed by atoms with van der Waals surface area (Å²) in [4.78, 5) is 12.0. The van der Waals surface area contributed by atoms with Gasteiger partial charge in [0.15, 0.2) is 0 Å². The zero-order chi connectivity index (χ0) is 15.1. The van der Waals surface area contributed by atoms with Crippen LogP contribution in [-0.4, -0.2) is 21.1 Å². The highest BCUT2D eigenvalue weighted by Crippen LogP contribution is 2.30. The number of phenols is 1. The number of benzene rings is 1. The van der Waals surface area contributed by atoms with Crippen LogP contribution < -0.4 is 0 Å². The number of nitrogens with zero attached hydrogens (tertiary/aromatic N) is 1. The molecule has 0 amide bonds. The van der Waals surface area contributed by atoms with E-state index in [1.807, 2.05) is 0 Å². The molecule has 0 radical (unpaired) electrons. The SMILES string of the molecule is Cc1cc(O)c(C(=O)c2cc(C(F)(F)F)[nH]n2)cc1Cl. The van der Waals surface area contributed by atoms with Crippen molar-refractivity contribution in [2.75, 3.05) is 0 Å². The zero-order valence-corrected chi connectivity index (χ0v) is 10.8. The lowest BCUT2D eigenvalue weighted by molar-refractivity contribution is -0.141. The molecule has 0 fully saturated rings. The summed E-state index contributed by atoms with van der Waals surface area (Å²) in [5, 5.41) is 14.9. The Morgan fingerprint density at radius 3 is 2.55 bits per heavy atom. The van der Waals surface area contributed by atoms with E-state index in [1.165, 1.54) is 12.1 Å². The number of aromatic nitrogens is 2. The molecule has 2 N–H and O–H groups in total. The topological polar surface area (TPSA) is 66.0 Å². The van der Waals surface area contributed by atoms with E-state index in [0.29, 0.717) is 11.6 Å². The number of nitrogens with one attached hydrogen (secondary N) is 1.